The van der Waals surface area contributed by atoms with Gasteiger partial charge in [-0.3, -0.25) is 30.5 Å². The maximum absolute atomic E-state index is 12.8. The van der Waals surface area contributed by atoms with Crippen LogP contribution < -0.4 is 15.6 Å². The molecule has 0 aromatic heterocycles. The van der Waals surface area contributed by atoms with Crippen LogP contribution in [0.5, 0.6) is 0 Å². The first-order chi connectivity index (χ1) is 15.9. The van der Waals surface area contributed by atoms with Crippen molar-refractivity contribution in [3.63, 3.8) is 0 Å². The average Bonchev–Trinajstić information content (AvgIpc) is 2.76. The number of aryl methyl sites for hydroxylation is 1. The Kier molecular flexibility index (Phi) is 6.77. The summed E-state index contributed by atoms with van der Waals surface area (Å²) in [5, 5.41) is 11.2. The predicted molar refractivity (Wildman–Crippen MR) is 118 cm³/mol. The Bertz CT molecular complexity index is 1360. The van der Waals surface area contributed by atoms with Crippen LogP contribution in [0.25, 0.3) is 0 Å². The first-order valence-corrected chi connectivity index (χ1v) is 11.0. The van der Waals surface area contributed by atoms with Gasteiger partial charge in [-0.05, 0) is 55.0 Å². The summed E-state index contributed by atoms with van der Waals surface area (Å²) in [6.07, 6.45) is -4.79. The number of nitro benzene ring substituents is 1. The second kappa shape index (κ2) is 9.39. The molecule has 0 aliphatic rings. The highest BCUT2D eigenvalue weighted by molar-refractivity contribution is 7.92. The van der Waals surface area contributed by atoms with Gasteiger partial charge in [0.2, 0.25) is 0 Å². The van der Waals surface area contributed by atoms with Crippen molar-refractivity contribution in [2.75, 3.05) is 10.1 Å². The third kappa shape index (κ3) is 5.81. The summed E-state index contributed by atoms with van der Waals surface area (Å²) in [5.41, 5.74) is 2.83. The lowest BCUT2D eigenvalue weighted by molar-refractivity contribution is -0.384. The third-order valence-electron chi connectivity index (χ3n) is 4.51. The standard InChI is InChI=1S/C21H17F3N4O5S/c1-13-4-2-6-16(10-13)27-34(32,33)17-7-3-5-14(11-17)20(29)26-25-18-9-8-15(21(22,23)24)12-19(18)28(30)31/h2-12,25,27H,1H3,(H,26,29). The van der Waals surface area contributed by atoms with Gasteiger partial charge in [0, 0.05) is 17.3 Å². The normalized spacial score (nSPS) is 11.5. The van der Waals surface area contributed by atoms with Gasteiger partial charge < -0.3 is 0 Å². The Morgan fingerprint density at radius 3 is 2.35 bits per heavy atom. The van der Waals surface area contributed by atoms with Crippen molar-refractivity contribution in [3.05, 3.63) is 93.5 Å². The number of carbonyl (C=O) groups excluding carboxylic acids is 1. The molecule has 3 N–H and O–H groups in total. The molecule has 3 aromatic rings. The van der Waals surface area contributed by atoms with Gasteiger partial charge in [0.05, 0.1) is 15.4 Å². The number of halogens is 3. The molecule has 9 nitrogen and oxygen atoms in total. The zero-order valence-electron chi connectivity index (χ0n) is 17.4. The van der Waals surface area contributed by atoms with Crippen LogP contribution in [0.15, 0.2) is 71.6 Å². The predicted octanol–water partition coefficient (Wildman–Crippen LogP) is 4.48. The summed E-state index contributed by atoms with van der Waals surface area (Å²) in [6.45, 7) is 1.79. The van der Waals surface area contributed by atoms with E-state index < -0.39 is 44.0 Å². The minimum Gasteiger partial charge on any atom is -0.292 e. The Morgan fingerprint density at radius 2 is 1.71 bits per heavy atom. The van der Waals surface area contributed by atoms with Crippen molar-refractivity contribution in [2.45, 2.75) is 18.0 Å². The van der Waals surface area contributed by atoms with Crippen LogP contribution in [0, 0.1) is 17.0 Å². The minimum atomic E-state index is -4.79. The summed E-state index contributed by atoms with van der Waals surface area (Å²) < 4.78 is 66.2. The molecule has 0 aliphatic heterocycles. The highest BCUT2D eigenvalue weighted by atomic mass is 32.2. The number of alkyl halides is 3. The molecule has 0 spiro atoms. The molecule has 1 amide bonds. The molecule has 0 radical (unpaired) electrons. The largest absolute Gasteiger partial charge is 0.416 e. The topological polar surface area (TPSA) is 130 Å². The lowest BCUT2D eigenvalue weighted by Crippen LogP contribution is -2.30. The molecule has 178 valence electrons. The number of anilines is 2. The maximum Gasteiger partial charge on any atom is 0.416 e. The summed E-state index contributed by atoms with van der Waals surface area (Å²) in [4.78, 5) is 22.4. The molecule has 0 aliphatic carbocycles. The van der Waals surface area contributed by atoms with Crippen LogP contribution in [0.3, 0.4) is 0 Å². The molecule has 0 atom stereocenters. The SMILES string of the molecule is Cc1cccc(NS(=O)(=O)c2cccc(C(=O)NNc3ccc(C(F)(F)F)cc3[N+](=O)[O-])c2)c1. The first kappa shape index (κ1) is 24.5. The second-order valence-electron chi connectivity index (χ2n) is 7.07. The van der Waals surface area contributed by atoms with Gasteiger partial charge >= 0.3 is 6.18 Å². The van der Waals surface area contributed by atoms with Crippen molar-refractivity contribution in [1.82, 2.24) is 5.43 Å². The molecule has 34 heavy (non-hydrogen) atoms. The summed E-state index contributed by atoms with van der Waals surface area (Å²) in [6, 6.07) is 13.3. The maximum atomic E-state index is 12.8. The molecule has 13 heteroatoms. The fourth-order valence-corrected chi connectivity index (χ4v) is 3.98. The Balaban J connectivity index is 1.78. The summed E-state index contributed by atoms with van der Waals surface area (Å²) >= 11 is 0. The Hall–Kier alpha value is -4.13. The Labute approximate surface area is 191 Å². The number of nitrogens with zero attached hydrogens (tertiary/aromatic N) is 1. The summed E-state index contributed by atoms with van der Waals surface area (Å²) in [5.74, 6) is -0.873. The lowest BCUT2D eigenvalue weighted by Gasteiger charge is -2.12. The van der Waals surface area contributed by atoms with Gasteiger partial charge in [0.1, 0.15) is 5.69 Å². The number of nitrogens with one attached hydrogen (secondary N) is 3. The van der Waals surface area contributed by atoms with E-state index in [9.17, 15) is 36.5 Å². The average molecular weight is 494 g/mol. The molecule has 3 aromatic carbocycles. The van der Waals surface area contributed by atoms with Gasteiger partial charge in [0.25, 0.3) is 21.6 Å². The number of amides is 1. The second-order valence-corrected chi connectivity index (χ2v) is 8.75. The van der Waals surface area contributed by atoms with Crippen LogP contribution >= 0.6 is 0 Å². The van der Waals surface area contributed by atoms with E-state index in [0.717, 1.165) is 17.7 Å². The third-order valence-corrected chi connectivity index (χ3v) is 5.89. The van der Waals surface area contributed by atoms with Crippen molar-refractivity contribution in [3.8, 4) is 0 Å². The van der Waals surface area contributed by atoms with Crippen LogP contribution in [0.4, 0.5) is 30.2 Å². The number of nitro groups is 1. The van der Waals surface area contributed by atoms with Crippen molar-refractivity contribution in [2.24, 2.45) is 0 Å². The van der Waals surface area contributed by atoms with E-state index in [0.29, 0.717) is 17.8 Å². The molecule has 3 rings (SSSR count). The molecule has 0 saturated carbocycles. The zero-order valence-corrected chi connectivity index (χ0v) is 18.2. The van der Waals surface area contributed by atoms with Crippen molar-refractivity contribution in [1.29, 1.82) is 0 Å². The molecular weight excluding hydrogens is 477 g/mol. The fraction of sp³-hybridized carbons (Fsp3) is 0.0952. The van der Waals surface area contributed by atoms with E-state index in [1.165, 1.54) is 18.2 Å². The van der Waals surface area contributed by atoms with E-state index in [4.69, 9.17) is 0 Å². The van der Waals surface area contributed by atoms with Gasteiger partial charge in [-0.25, -0.2) is 8.42 Å². The van der Waals surface area contributed by atoms with Gasteiger partial charge in [-0.2, -0.15) is 13.2 Å². The number of carbonyl (C=O) groups is 1. The van der Waals surface area contributed by atoms with Crippen molar-refractivity contribution >= 4 is 33.0 Å². The molecule has 0 fully saturated rings. The number of hydrogen-bond donors (Lipinski definition) is 3. The van der Waals surface area contributed by atoms with E-state index in [-0.39, 0.29) is 10.5 Å². The van der Waals surface area contributed by atoms with Crippen molar-refractivity contribution < 1.29 is 31.3 Å². The molecule has 0 heterocycles. The highest BCUT2D eigenvalue weighted by Gasteiger charge is 2.33. The number of rotatable bonds is 7. The van der Waals surface area contributed by atoms with Crippen LogP contribution in [0.2, 0.25) is 0 Å². The molecule has 0 bridgehead atoms. The van der Waals surface area contributed by atoms with Crippen LogP contribution in [0.1, 0.15) is 21.5 Å². The molecule has 0 saturated heterocycles. The van der Waals surface area contributed by atoms with E-state index in [1.807, 2.05) is 0 Å². The number of hydrazine groups is 1. The van der Waals surface area contributed by atoms with Crippen LogP contribution in [-0.2, 0) is 16.2 Å². The minimum absolute atomic E-state index is 0.116. The Morgan fingerprint density at radius 1 is 1.00 bits per heavy atom. The molecule has 0 unspecified atom stereocenters. The van der Waals surface area contributed by atoms with E-state index >= 15 is 0 Å². The number of benzene rings is 3. The zero-order chi connectivity index (χ0) is 25.1. The summed E-state index contributed by atoms with van der Waals surface area (Å²) in [7, 11) is -4.04. The van der Waals surface area contributed by atoms with Gasteiger partial charge in [0.15, 0.2) is 0 Å². The highest BCUT2D eigenvalue weighted by Crippen LogP contribution is 2.34. The monoisotopic (exact) mass is 494 g/mol. The van der Waals surface area contributed by atoms with Gasteiger partial charge in [-0.15, -0.1) is 0 Å². The first-order valence-electron chi connectivity index (χ1n) is 9.48. The fourth-order valence-electron chi connectivity index (χ4n) is 2.89. The molecular formula is C21H17F3N4O5S. The number of sulfonamides is 1. The van der Waals surface area contributed by atoms with E-state index in [2.05, 4.69) is 15.6 Å². The lowest BCUT2D eigenvalue weighted by atomic mass is 10.1. The van der Waals surface area contributed by atoms with Gasteiger partial charge in [-0.1, -0.05) is 18.2 Å². The number of hydrogen-bond acceptors (Lipinski definition) is 6. The van der Waals surface area contributed by atoms with Crippen LogP contribution in [-0.4, -0.2) is 19.2 Å². The van der Waals surface area contributed by atoms with E-state index in [1.54, 1.807) is 31.2 Å². The smallest absolute Gasteiger partial charge is 0.292 e. The quantitative estimate of drug-likeness (QED) is 0.328.